The molecule has 1 saturated carbocycles. The predicted molar refractivity (Wildman–Crippen MR) is 86.6 cm³/mol. The summed E-state index contributed by atoms with van der Waals surface area (Å²) in [5.41, 5.74) is -0.467. The first kappa shape index (κ1) is 17.8. The highest BCUT2D eigenvalue weighted by Gasteiger charge is 2.30. The summed E-state index contributed by atoms with van der Waals surface area (Å²) in [6.07, 6.45) is 2.80. The average molecular weight is 327 g/mol. The molecule has 0 spiro atoms. The van der Waals surface area contributed by atoms with Gasteiger partial charge >= 0.3 is 12.2 Å². The van der Waals surface area contributed by atoms with Gasteiger partial charge in [0, 0.05) is 38.3 Å². The van der Waals surface area contributed by atoms with Crippen LogP contribution in [0.1, 0.15) is 46.5 Å². The Morgan fingerprint density at radius 1 is 1.04 bits per heavy atom. The second kappa shape index (κ2) is 7.38. The average Bonchev–Trinajstić information content (AvgIpc) is 2.46. The van der Waals surface area contributed by atoms with E-state index in [0.29, 0.717) is 19.1 Å². The van der Waals surface area contributed by atoms with Gasteiger partial charge in [-0.15, -0.1) is 0 Å². The van der Waals surface area contributed by atoms with Gasteiger partial charge in [-0.05, 0) is 46.5 Å². The summed E-state index contributed by atoms with van der Waals surface area (Å²) in [6.45, 7) is 8.37. The maximum absolute atomic E-state index is 11.8. The standard InChI is InChI=1S/C16H29N3O4/c1-16(2,3)23-14(20)17-12-4-6-13(7-5-12)18-8-10-19(11-9-18)15(21)22/h12-13H,4-11H2,1-3H3,(H,17,20)(H,21,22). The Labute approximate surface area is 138 Å². The molecule has 0 unspecified atom stereocenters. The van der Waals surface area contributed by atoms with Gasteiger partial charge in [0.15, 0.2) is 0 Å². The Hall–Kier alpha value is -1.50. The van der Waals surface area contributed by atoms with Gasteiger partial charge in [0.1, 0.15) is 5.60 Å². The summed E-state index contributed by atoms with van der Waals surface area (Å²) in [6, 6.07) is 0.684. The van der Waals surface area contributed by atoms with Crippen LogP contribution in [0.2, 0.25) is 0 Å². The fourth-order valence-electron chi connectivity index (χ4n) is 3.34. The number of hydrogen-bond donors (Lipinski definition) is 2. The zero-order chi connectivity index (χ0) is 17.0. The largest absolute Gasteiger partial charge is 0.465 e. The Morgan fingerprint density at radius 2 is 1.61 bits per heavy atom. The molecule has 7 nitrogen and oxygen atoms in total. The van der Waals surface area contributed by atoms with Crippen molar-refractivity contribution in [2.24, 2.45) is 0 Å². The molecule has 2 fully saturated rings. The molecular weight excluding hydrogens is 298 g/mol. The smallest absolute Gasteiger partial charge is 0.407 e. The van der Waals surface area contributed by atoms with E-state index in [2.05, 4.69) is 10.2 Å². The lowest BCUT2D eigenvalue weighted by molar-refractivity contribution is 0.0454. The molecule has 2 aliphatic rings. The molecule has 0 radical (unpaired) electrons. The number of nitrogens with zero attached hydrogens (tertiary/aromatic N) is 2. The molecule has 7 heteroatoms. The number of alkyl carbamates (subject to hydrolysis) is 1. The van der Waals surface area contributed by atoms with E-state index in [0.717, 1.165) is 38.8 Å². The molecule has 0 aromatic carbocycles. The van der Waals surface area contributed by atoms with Crippen LogP contribution in [-0.4, -0.2) is 71.0 Å². The number of amides is 2. The van der Waals surface area contributed by atoms with Crippen LogP contribution in [0.3, 0.4) is 0 Å². The van der Waals surface area contributed by atoms with Gasteiger partial charge in [0.25, 0.3) is 0 Å². The molecule has 1 saturated heterocycles. The number of carboxylic acid groups (broad SMARTS) is 1. The first-order valence-corrected chi connectivity index (χ1v) is 8.46. The highest BCUT2D eigenvalue weighted by molar-refractivity contribution is 5.68. The number of ether oxygens (including phenoxy) is 1. The third-order valence-electron chi connectivity index (χ3n) is 4.52. The van der Waals surface area contributed by atoms with Crippen LogP contribution in [0.15, 0.2) is 0 Å². The topological polar surface area (TPSA) is 82.1 Å². The van der Waals surface area contributed by atoms with E-state index in [9.17, 15) is 9.59 Å². The molecule has 132 valence electrons. The number of nitrogens with one attached hydrogen (secondary N) is 1. The van der Waals surface area contributed by atoms with Crippen molar-refractivity contribution in [3.63, 3.8) is 0 Å². The lowest BCUT2D eigenvalue weighted by atomic mass is 9.90. The number of rotatable bonds is 2. The van der Waals surface area contributed by atoms with Crippen LogP contribution in [0.4, 0.5) is 9.59 Å². The number of carbonyl (C=O) groups is 2. The normalized spacial score (nSPS) is 26.7. The van der Waals surface area contributed by atoms with E-state index in [1.54, 1.807) is 0 Å². The molecule has 2 N–H and O–H groups in total. The summed E-state index contributed by atoms with van der Waals surface area (Å²) in [5, 5.41) is 11.9. The highest BCUT2D eigenvalue weighted by atomic mass is 16.6. The van der Waals surface area contributed by atoms with Gasteiger partial charge in [-0.3, -0.25) is 4.90 Å². The van der Waals surface area contributed by atoms with E-state index in [1.807, 2.05) is 20.8 Å². The van der Waals surface area contributed by atoms with Crippen molar-refractivity contribution in [2.45, 2.75) is 64.1 Å². The van der Waals surface area contributed by atoms with Crippen LogP contribution in [0, 0.1) is 0 Å². The summed E-state index contributed by atoms with van der Waals surface area (Å²) in [4.78, 5) is 26.6. The van der Waals surface area contributed by atoms with Crippen molar-refractivity contribution in [3.05, 3.63) is 0 Å². The van der Waals surface area contributed by atoms with E-state index >= 15 is 0 Å². The van der Waals surface area contributed by atoms with Crippen LogP contribution in [-0.2, 0) is 4.74 Å². The minimum atomic E-state index is -0.824. The number of carbonyl (C=O) groups excluding carboxylic acids is 1. The van der Waals surface area contributed by atoms with E-state index in [1.165, 1.54) is 4.90 Å². The molecule has 23 heavy (non-hydrogen) atoms. The number of hydrogen-bond acceptors (Lipinski definition) is 4. The van der Waals surface area contributed by atoms with Gasteiger partial charge in [0.05, 0.1) is 0 Å². The quantitative estimate of drug-likeness (QED) is 0.812. The Bertz CT molecular complexity index is 420. The fourth-order valence-corrected chi connectivity index (χ4v) is 3.34. The van der Waals surface area contributed by atoms with E-state index in [-0.39, 0.29) is 12.1 Å². The fraction of sp³-hybridized carbons (Fsp3) is 0.875. The molecule has 2 rings (SSSR count). The first-order valence-electron chi connectivity index (χ1n) is 8.46. The van der Waals surface area contributed by atoms with Crippen LogP contribution in [0.25, 0.3) is 0 Å². The summed E-state index contributed by atoms with van der Waals surface area (Å²) in [7, 11) is 0. The lowest BCUT2D eigenvalue weighted by Gasteiger charge is -2.41. The molecule has 0 atom stereocenters. The summed E-state index contributed by atoms with van der Waals surface area (Å²) < 4.78 is 5.30. The molecule has 1 heterocycles. The number of piperazine rings is 1. The molecule has 0 aromatic heterocycles. The lowest BCUT2D eigenvalue weighted by Crippen LogP contribution is -2.53. The first-order chi connectivity index (χ1) is 10.7. The molecular formula is C16H29N3O4. The van der Waals surface area contributed by atoms with E-state index < -0.39 is 11.7 Å². The second-order valence-corrected chi connectivity index (χ2v) is 7.46. The van der Waals surface area contributed by atoms with Crippen molar-refractivity contribution in [3.8, 4) is 0 Å². The third kappa shape index (κ3) is 5.57. The minimum absolute atomic E-state index is 0.182. The second-order valence-electron chi connectivity index (χ2n) is 7.46. The molecule has 0 bridgehead atoms. The predicted octanol–water partition coefficient (Wildman–Crippen LogP) is 2.12. The molecule has 1 aliphatic heterocycles. The Kier molecular flexibility index (Phi) is 5.73. The van der Waals surface area contributed by atoms with E-state index in [4.69, 9.17) is 9.84 Å². The molecule has 2 amide bonds. The maximum Gasteiger partial charge on any atom is 0.407 e. The zero-order valence-electron chi connectivity index (χ0n) is 14.4. The molecule has 0 aromatic rings. The van der Waals surface area contributed by atoms with Crippen molar-refractivity contribution < 1.29 is 19.4 Å². The van der Waals surface area contributed by atoms with Crippen LogP contribution < -0.4 is 5.32 Å². The Balaban J connectivity index is 1.70. The van der Waals surface area contributed by atoms with Crippen LogP contribution in [0.5, 0.6) is 0 Å². The SMILES string of the molecule is CC(C)(C)OC(=O)NC1CCC(N2CCN(C(=O)O)CC2)CC1. The minimum Gasteiger partial charge on any atom is -0.465 e. The zero-order valence-corrected chi connectivity index (χ0v) is 14.4. The molecule has 1 aliphatic carbocycles. The van der Waals surface area contributed by atoms with Crippen molar-refractivity contribution in [1.29, 1.82) is 0 Å². The van der Waals surface area contributed by atoms with Crippen molar-refractivity contribution >= 4 is 12.2 Å². The van der Waals surface area contributed by atoms with Crippen molar-refractivity contribution in [1.82, 2.24) is 15.1 Å². The third-order valence-corrected chi connectivity index (χ3v) is 4.52. The van der Waals surface area contributed by atoms with Gasteiger partial charge in [-0.2, -0.15) is 0 Å². The van der Waals surface area contributed by atoms with Gasteiger partial charge in [0.2, 0.25) is 0 Å². The highest BCUT2D eigenvalue weighted by Crippen LogP contribution is 2.24. The maximum atomic E-state index is 11.8. The summed E-state index contributed by atoms with van der Waals surface area (Å²) >= 11 is 0. The van der Waals surface area contributed by atoms with Crippen molar-refractivity contribution in [2.75, 3.05) is 26.2 Å². The Morgan fingerprint density at radius 3 is 2.09 bits per heavy atom. The summed E-state index contributed by atoms with van der Waals surface area (Å²) in [5.74, 6) is 0. The monoisotopic (exact) mass is 327 g/mol. The van der Waals surface area contributed by atoms with Gasteiger partial charge in [-0.1, -0.05) is 0 Å². The van der Waals surface area contributed by atoms with Gasteiger partial charge < -0.3 is 20.1 Å². The van der Waals surface area contributed by atoms with Gasteiger partial charge in [-0.25, -0.2) is 9.59 Å². The van der Waals surface area contributed by atoms with Crippen LogP contribution >= 0.6 is 0 Å².